The first kappa shape index (κ1) is 10.4. The lowest BCUT2D eigenvalue weighted by atomic mass is 10.1. The van der Waals surface area contributed by atoms with Crippen molar-refractivity contribution in [1.82, 2.24) is 0 Å². The monoisotopic (exact) mass is 248 g/mol. The summed E-state index contributed by atoms with van der Waals surface area (Å²) in [5.74, 6) is 0.780. The van der Waals surface area contributed by atoms with Crippen molar-refractivity contribution in [2.75, 3.05) is 0 Å². The highest BCUT2D eigenvalue weighted by Gasteiger charge is 2.13. The van der Waals surface area contributed by atoms with Crippen LogP contribution in [0.3, 0.4) is 0 Å². The standard InChI is InChI=1S/C13H9ClO3/c1-6-5-9-10(16-6)4-3-8-7(2)11(14)13(15)17-12(8)9/h3-5H,1-2H3. The number of fused-ring (bicyclic) bond motifs is 3. The van der Waals surface area contributed by atoms with Crippen molar-refractivity contribution >= 4 is 33.5 Å². The lowest BCUT2D eigenvalue weighted by Crippen LogP contribution is -2.01. The quantitative estimate of drug-likeness (QED) is 0.568. The Balaban J connectivity index is 2.63. The number of furan rings is 1. The van der Waals surface area contributed by atoms with Gasteiger partial charge in [-0.2, -0.15) is 0 Å². The Bertz CT molecular complexity index is 796. The molecule has 4 heteroatoms. The van der Waals surface area contributed by atoms with Crippen LogP contribution in [-0.2, 0) is 0 Å². The molecule has 0 atom stereocenters. The van der Waals surface area contributed by atoms with E-state index in [2.05, 4.69) is 0 Å². The van der Waals surface area contributed by atoms with E-state index >= 15 is 0 Å². The molecule has 0 amide bonds. The van der Waals surface area contributed by atoms with Gasteiger partial charge >= 0.3 is 5.63 Å². The van der Waals surface area contributed by atoms with E-state index in [-0.39, 0.29) is 5.02 Å². The Morgan fingerprint density at radius 2 is 1.88 bits per heavy atom. The second-order valence-corrected chi connectivity index (χ2v) is 4.42. The van der Waals surface area contributed by atoms with E-state index in [4.69, 9.17) is 20.4 Å². The SMILES string of the molecule is Cc1cc2c(ccc3c(C)c(Cl)c(=O)oc32)o1. The molecular formula is C13H9ClO3. The molecule has 0 unspecified atom stereocenters. The molecule has 0 saturated carbocycles. The second kappa shape index (κ2) is 3.37. The van der Waals surface area contributed by atoms with Gasteiger partial charge in [0.15, 0.2) is 0 Å². The van der Waals surface area contributed by atoms with Crippen LogP contribution in [0.25, 0.3) is 21.9 Å². The van der Waals surface area contributed by atoms with Crippen molar-refractivity contribution in [2.45, 2.75) is 13.8 Å². The molecule has 86 valence electrons. The van der Waals surface area contributed by atoms with Gasteiger partial charge in [0.25, 0.3) is 0 Å². The van der Waals surface area contributed by atoms with Gasteiger partial charge in [-0.25, -0.2) is 4.79 Å². The topological polar surface area (TPSA) is 43.4 Å². The predicted molar refractivity (Wildman–Crippen MR) is 66.7 cm³/mol. The number of rotatable bonds is 0. The summed E-state index contributed by atoms with van der Waals surface area (Å²) < 4.78 is 10.7. The molecule has 3 aromatic rings. The van der Waals surface area contributed by atoms with Gasteiger partial charge in [-0.1, -0.05) is 11.6 Å². The predicted octanol–water partition coefficient (Wildman–Crippen LogP) is 3.81. The average molecular weight is 249 g/mol. The molecule has 1 aromatic carbocycles. The molecule has 3 rings (SSSR count). The molecule has 0 aliphatic carbocycles. The minimum absolute atomic E-state index is 0.136. The lowest BCUT2D eigenvalue weighted by Gasteiger charge is -2.02. The number of hydrogen-bond acceptors (Lipinski definition) is 3. The summed E-state index contributed by atoms with van der Waals surface area (Å²) in [5, 5.41) is 1.77. The summed E-state index contributed by atoms with van der Waals surface area (Å²) >= 11 is 5.88. The van der Waals surface area contributed by atoms with Crippen molar-refractivity contribution in [1.29, 1.82) is 0 Å². The van der Waals surface area contributed by atoms with Crippen LogP contribution in [0, 0.1) is 13.8 Å². The van der Waals surface area contributed by atoms with Crippen LogP contribution in [0.15, 0.2) is 31.8 Å². The molecular weight excluding hydrogens is 240 g/mol. The van der Waals surface area contributed by atoms with Crippen LogP contribution in [0.4, 0.5) is 0 Å². The molecule has 0 saturated heterocycles. The molecule has 0 bridgehead atoms. The van der Waals surface area contributed by atoms with E-state index in [9.17, 15) is 4.79 Å². The van der Waals surface area contributed by atoms with Gasteiger partial charge in [-0.05, 0) is 37.6 Å². The summed E-state index contributed by atoms with van der Waals surface area (Å²) in [6.07, 6.45) is 0. The first-order chi connectivity index (χ1) is 8.08. The summed E-state index contributed by atoms with van der Waals surface area (Å²) in [7, 11) is 0. The molecule has 17 heavy (non-hydrogen) atoms. The third-order valence-electron chi connectivity index (χ3n) is 2.88. The van der Waals surface area contributed by atoms with Gasteiger partial charge in [0.2, 0.25) is 0 Å². The van der Waals surface area contributed by atoms with Crippen LogP contribution >= 0.6 is 11.6 Å². The average Bonchev–Trinajstić information content (AvgIpc) is 2.67. The van der Waals surface area contributed by atoms with Gasteiger partial charge in [0.1, 0.15) is 21.9 Å². The smallest absolute Gasteiger partial charge is 0.355 e. The van der Waals surface area contributed by atoms with E-state index < -0.39 is 5.63 Å². The van der Waals surface area contributed by atoms with Gasteiger partial charge < -0.3 is 8.83 Å². The van der Waals surface area contributed by atoms with Crippen LogP contribution in [0.2, 0.25) is 5.02 Å². The Morgan fingerprint density at radius 1 is 1.12 bits per heavy atom. The van der Waals surface area contributed by atoms with Gasteiger partial charge in [-0.15, -0.1) is 0 Å². The molecule has 0 fully saturated rings. The summed E-state index contributed by atoms with van der Waals surface area (Å²) in [4.78, 5) is 11.6. The number of halogens is 1. The van der Waals surface area contributed by atoms with E-state index in [0.717, 1.165) is 22.1 Å². The normalized spacial score (nSPS) is 11.5. The number of benzene rings is 1. The van der Waals surface area contributed by atoms with E-state index in [1.165, 1.54) is 0 Å². The first-order valence-electron chi connectivity index (χ1n) is 5.20. The molecule has 3 nitrogen and oxygen atoms in total. The highest BCUT2D eigenvalue weighted by molar-refractivity contribution is 6.32. The van der Waals surface area contributed by atoms with Crippen molar-refractivity contribution in [3.63, 3.8) is 0 Å². The highest BCUT2D eigenvalue weighted by atomic mass is 35.5. The van der Waals surface area contributed by atoms with E-state index in [1.807, 2.05) is 25.1 Å². The minimum Gasteiger partial charge on any atom is -0.461 e. The number of aryl methyl sites for hydroxylation is 2. The van der Waals surface area contributed by atoms with Crippen molar-refractivity contribution < 1.29 is 8.83 Å². The lowest BCUT2D eigenvalue weighted by molar-refractivity contribution is 0.561. The van der Waals surface area contributed by atoms with Crippen LogP contribution in [0.1, 0.15) is 11.3 Å². The largest absolute Gasteiger partial charge is 0.461 e. The number of hydrogen-bond donors (Lipinski definition) is 0. The first-order valence-corrected chi connectivity index (χ1v) is 5.58. The highest BCUT2D eigenvalue weighted by Crippen LogP contribution is 2.30. The third kappa shape index (κ3) is 1.39. The molecule has 2 aromatic heterocycles. The minimum atomic E-state index is -0.511. The van der Waals surface area contributed by atoms with Crippen molar-refractivity contribution in [2.24, 2.45) is 0 Å². The third-order valence-corrected chi connectivity index (χ3v) is 3.32. The van der Waals surface area contributed by atoms with Crippen LogP contribution in [0.5, 0.6) is 0 Å². The Hall–Kier alpha value is -1.74. The Labute approximate surface area is 102 Å². The van der Waals surface area contributed by atoms with Gasteiger partial charge in [-0.3, -0.25) is 0 Å². The molecule has 0 N–H and O–H groups in total. The summed E-state index contributed by atoms with van der Waals surface area (Å²) in [6, 6.07) is 5.56. The maximum Gasteiger partial charge on any atom is 0.355 e. The maximum absolute atomic E-state index is 11.6. The van der Waals surface area contributed by atoms with E-state index in [0.29, 0.717) is 11.2 Å². The van der Waals surface area contributed by atoms with E-state index in [1.54, 1.807) is 6.92 Å². The van der Waals surface area contributed by atoms with Crippen molar-refractivity contribution in [3.8, 4) is 0 Å². The van der Waals surface area contributed by atoms with Gasteiger partial charge in [0.05, 0.1) is 5.39 Å². The zero-order valence-electron chi connectivity index (χ0n) is 9.33. The molecule has 0 radical (unpaired) electrons. The molecule has 0 aliphatic rings. The molecule has 0 aliphatic heterocycles. The second-order valence-electron chi connectivity index (χ2n) is 4.04. The molecule has 0 spiro atoms. The zero-order valence-corrected chi connectivity index (χ0v) is 10.1. The molecule has 2 heterocycles. The maximum atomic E-state index is 11.6. The Kier molecular flexibility index (Phi) is 2.07. The zero-order chi connectivity index (χ0) is 12.2. The van der Waals surface area contributed by atoms with Crippen LogP contribution in [-0.4, -0.2) is 0 Å². The summed E-state index contributed by atoms with van der Waals surface area (Å²) in [6.45, 7) is 3.66. The van der Waals surface area contributed by atoms with Crippen LogP contribution < -0.4 is 5.63 Å². The fourth-order valence-corrected chi connectivity index (χ4v) is 2.17. The Morgan fingerprint density at radius 3 is 2.65 bits per heavy atom. The fourth-order valence-electron chi connectivity index (χ4n) is 2.03. The summed E-state index contributed by atoms with van der Waals surface area (Å²) in [5.41, 5.74) is 1.47. The van der Waals surface area contributed by atoms with Gasteiger partial charge in [0, 0.05) is 5.39 Å². The fraction of sp³-hybridized carbons (Fsp3) is 0.154. The van der Waals surface area contributed by atoms with Crippen molar-refractivity contribution in [3.05, 3.63) is 45.0 Å².